The van der Waals surface area contributed by atoms with Crippen molar-refractivity contribution < 1.29 is 9.90 Å². The fourth-order valence-electron chi connectivity index (χ4n) is 2.79. The van der Waals surface area contributed by atoms with Crippen molar-refractivity contribution in [1.82, 2.24) is 10.6 Å². The van der Waals surface area contributed by atoms with Crippen molar-refractivity contribution in [3.63, 3.8) is 0 Å². The smallest absolute Gasteiger partial charge is 0.237 e. The Labute approximate surface area is 103 Å². The highest BCUT2D eigenvalue weighted by Gasteiger charge is 2.23. The number of rotatable bonds is 3. The van der Waals surface area contributed by atoms with E-state index < -0.39 is 0 Å². The summed E-state index contributed by atoms with van der Waals surface area (Å²) in [6.07, 6.45) is 7.06. The topological polar surface area (TPSA) is 61.4 Å². The number of carbonyl (C=O) groups is 1. The van der Waals surface area contributed by atoms with Crippen LogP contribution < -0.4 is 10.6 Å². The van der Waals surface area contributed by atoms with Crippen LogP contribution in [0, 0.1) is 5.92 Å². The number of piperidine rings is 1. The van der Waals surface area contributed by atoms with Crippen LogP contribution in [-0.2, 0) is 4.79 Å². The lowest BCUT2D eigenvalue weighted by Crippen LogP contribution is -2.47. The van der Waals surface area contributed by atoms with Crippen molar-refractivity contribution in [1.29, 1.82) is 0 Å². The van der Waals surface area contributed by atoms with E-state index >= 15 is 0 Å². The fourth-order valence-corrected chi connectivity index (χ4v) is 2.79. The average Bonchev–Trinajstić information content (AvgIpc) is 2.39. The Bertz CT molecular complexity index is 244. The van der Waals surface area contributed by atoms with Crippen LogP contribution in [0.4, 0.5) is 0 Å². The number of amides is 1. The molecule has 1 aliphatic heterocycles. The zero-order chi connectivity index (χ0) is 12.1. The lowest BCUT2D eigenvalue weighted by molar-refractivity contribution is -0.123. The molecule has 4 nitrogen and oxygen atoms in total. The molecule has 0 bridgehead atoms. The van der Waals surface area contributed by atoms with Gasteiger partial charge in [-0.1, -0.05) is 6.42 Å². The van der Waals surface area contributed by atoms with E-state index in [0.29, 0.717) is 5.92 Å². The van der Waals surface area contributed by atoms with Crippen LogP contribution in [0.3, 0.4) is 0 Å². The molecule has 0 radical (unpaired) electrons. The number of aliphatic hydroxyl groups excluding tert-OH is 1. The molecule has 1 saturated heterocycles. The van der Waals surface area contributed by atoms with Gasteiger partial charge in [0, 0.05) is 6.54 Å². The molecule has 0 unspecified atom stereocenters. The van der Waals surface area contributed by atoms with Gasteiger partial charge >= 0.3 is 0 Å². The van der Waals surface area contributed by atoms with E-state index in [2.05, 4.69) is 10.6 Å². The molecule has 2 aliphatic rings. The van der Waals surface area contributed by atoms with Crippen LogP contribution in [0.2, 0.25) is 0 Å². The summed E-state index contributed by atoms with van der Waals surface area (Å²) >= 11 is 0. The summed E-state index contributed by atoms with van der Waals surface area (Å²) in [6.45, 7) is 1.75. The molecule has 2 fully saturated rings. The van der Waals surface area contributed by atoms with E-state index in [9.17, 15) is 9.90 Å². The van der Waals surface area contributed by atoms with Gasteiger partial charge in [-0.15, -0.1) is 0 Å². The van der Waals surface area contributed by atoms with Gasteiger partial charge in [0.1, 0.15) is 0 Å². The molecule has 4 heteroatoms. The molecule has 1 atom stereocenters. The van der Waals surface area contributed by atoms with E-state index in [1.165, 1.54) is 6.42 Å². The molecule has 0 aromatic heterocycles. The molecule has 1 heterocycles. The van der Waals surface area contributed by atoms with E-state index in [1.807, 2.05) is 0 Å². The molecular formula is C13H24N2O2. The maximum absolute atomic E-state index is 11.9. The lowest BCUT2D eigenvalue weighted by Gasteiger charge is -2.27. The summed E-state index contributed by atoms with van der Waals surface area (Å²) in [6, 6.07) is 0.0259. The van der Waals surface area contributed by atoms with E-state index in [-0.39, 0.29) is 18.1 Å². The number of hydrogen-bond acceptors (Lipinski definition) is 3. The van der Waals surface area contributed by atoms with Gasteiger partial charge in [-0.25, -0.2) is 0 Å². The Morgan fingerprint density at radius 3 is 2.59 bits per heavy atom. The minimum atomic E-state index is -0.109. The van der Waals surface area contributed by atoms with Gasteiger partial charge in [-0.05, 0) is 51.0 Å². The molecule has 17 heavy (non-hydrogen) atoms. The van der Waals surface area contributed by atoms with Crippen molar-refractivity contribution in [3.05, 3.63) is 0 Å². The maximum atomic E-state index is 11.9. The molecule has 1 aliphatic carbocycles. The van der Waals surface area contributed by atoms with Gasteiger partial charge in [-0.2, -0.15) is 0 Å². The van der Waals surface area contributed by atoms with Gasteiger partial charge in [0.25, 0.3) is 0 Å². The number of aliphatic hydroxyl groups is 1. The average molecular weight is 240 g/mol. The second-order valence-electron chi connectivity index (χ2n) is 5.42. The third kappa shape index (κ3) is 3.96. The van der Waals surface area contributed by atoms with E-state index in [4.69, 9.17) is 0 Å². The number of nitrogens with one attached hydrogen (secondary N) is 2. The normalized spacial score (nSPS) is 34.3. The highest BCUT2D eigenvalue weighted by atomic mass is 16.3. The Balaban J connectivity index is 1.65. The lowest BCUT2D eigenvalue weighted by atomic mass is 9.87. The van der Waals surface area contributed by atoms with Crippen molar-refractivity contribution in [2.45, 2.75) is 57.1 Å². The van der Waals surface area contributed by atoms with Crippen molar-refractivity contribution in [2.24, 2.45) is 5.92 Å². The number of carbonyl (C=O) groups excluding carboxylic acids is 1. The van der Waals surface area contributed by atoms with Gasteiger partial charge in [0.2, 0.25) is 5.91 Å². The van der Waals surface area contributed by atoms with Gasteiger partial charge < -0.3 is 15.7 Å². The third-order valence-corrected chi connectivity index (χ3v) is 4.01. The van der Waals surface area contributed by atoms with Gasteiger partial charge in [-0.3, -0.25) is 4.79 Å². The van der Waals surface area contributed by atoms with Gasteiger partial charge in [0.15, 0.2) is 0 Å². The first-order valence-corrected chi connectivity index (χ1v) is 6.95. The second kappa shape index (κ2) is 6.36. The van der Waals surface area contributed by atoms with E-state index in [0.717, 1.165) is 51.6 Å². The van der Waals surface area contributed by atoms with Crippen molar-refractivity contribution >= 4 is 5.91 Å². The second-order valence-corrected chi connectivity index (χ2v) is 5.42. The molecule has 0 spiro atoms. The largest absolute Gasteiger partial charge is 0.393 e. The summed E-state index contributed by atoms with van der Waals surface area (Å²) in [5.74, 6) is 0.724. The number of hydrogen-bond donors (Lipinski definition) is 3. The van der Waals surface area contributed by atoms with Crippen molar-refractivity contribution in [3.8, 4) is 0 Å². The summed E-state index contributed by atoms with van der Waals surface area (Å²) in [5, 5.41) is 15.7. The molecule has 98 valence electrons. The fraction of sp³-hybridized carbons (Fsp3) is 0.923. The predicted octanol–water partition coefficient (Wildman–Crippen LogP) is 0.796. The minimum Gasteiger partial charge on any atom is -0.393 e. The molecular weight excluding hydrogens is 216 g/mol. The van der Waals surface area contributed by atoms with Crippen LogP contribution in [0.25, 0.3) is 0 Å². The zero-order valence-electron chi connectivity index (χ0n) is 10.5. The Hall–Kier alpha value is -0.610. The van der Waals surface area contributed by atoms with Gasteiger partial charge in [0.05, 0.1) is 12.1 Å². The van der Waals surface area contributed by atoms with Crippen LogP contribution in [0.15, 0.2) is 0 Å². The highest BCUT2D eigenvalue weighted by Crippen LogP contribution is 2.23. The Morgan fingerprint density at radius 1 is 1.18 bits per heavy atom. The first-order valence-electron chi connectivity index (χ1n) is 6.95. The summed E-state index contributed by atoms with van der Waals surface area (Å²) < 4.78 is 0. The van der Waals surface area contributed by atoms with E-state index in [1.54, 1.807) is 0 Å². The summed E-state index contributed by atoms with van der Waals surface area (Å²) in [7, 11) is 0. The quantitative estimate of drug-likeness (QED) is 0.683. The van der Waals surface area contributed by atoms with Crippen LogP contribution in [0.5, 0.6) is 0 Å². The zero-order valence-corrected chi connectivity index (χ0v) is 10.5. The standard InChI is InChI=1S/C13H24N2O2/c16-11-6-4-10(5-7-11)9-15-13(17)12-3-1-2-8-14-12/h10-12,14,16H,1-9H2,(H,15,17)/t10?,11?,12-/m0/s1. The molecule has 0 aromatic rings. The molecule has 3 N–H and O–H groups in total. The first-order chi connectivity index (χ1) is 8.25. The SMILES string of the molecule is O=C(NCC1CCC(O)CC1)[C@@H]1CCCCN1. The monoisotopic (exact) mass is 240 g/mol. The predicted molar refractivity (Wildman–Crippen MR) is 66.6 cm³/mol. The van der Waals surface area contributed by atoms with Crippen LogP contribution >= 0.6 is 0 Å². The first kappa shape index (κ1) is 12.8. The molecule has 1 saturated carbocycles. The van der Waals surface area contributed by atoms with Crippen molar-refractivity contribution in [2.75, 3.05) is 13.1 Å². The molecule has 0 aromatic carbocycles. The van der Waals surface area contributed by atoms with Crippen LogP contribution in [0.1, 0.15) is 44.9 Å². The van der Waals surface area contributed by atoms with Crippen LogP contribution in [-0.4, -0.2) is 36.2 Å². The molecule has 1 amide bonds. The third-order valence-electron chi connectivity index (χ3n) is 4.01. The minimum absolute atomic E-state index is 0.0259. The highest BCUT2D eigenvalue weighted by molar-refractivity contribution is 5.81. The summed E-state index contributed by atoms with van der Waals surface area (Å²) in [4.78, 5) is 11.9. The summed E-state index contributed by atoms with van der Waals surface area (Å²) in [5.41, 5.74) is 0. The Kier molecular flexibility index (Phi) is 4.80. The maximum Gasteiger partial charge on any atom is 0.237 e. The molecule has 2 rings (SSSR count). The Morgan fingerprint density at radius 2 is 1.94 bits per heavy atom.